The largest absolute Gasteiger partial charge is 0.503 e. The van der Waals surface area contributed by atoms with E-state index in [1.807, 2.05) is 0 Å². The summed E-state index contributed by atoms with van der Waals surface area (Å²) in [5.74, 6) is -2.45. The lowest BCUT2D eigenvalue weighted by Crippen LogP contribution is -2.39. The maximum Gasteiger partial charge on any atom is 0.416 e. The van der Waals surface area contributed by atoms with Crippen LogP contribution < -0.4 is 0 Å². The van der Waals surface area contributed by atoms with E-state index < -0.39 is 58.9 Å². The fraction of sp³-hybridized carbons (Fsp3) is 0.400. The number of rotatable bonds is 10. The van der Waals surface area contributed by atoms with Crippen LogP contribution in [-0.2, 0) is 26.7 Å². The van der Waals surface area contributed by atoms with Crippen LogP contribution in [-0.4, -0.2) is 70.2 Å². The first-order chi connectivity index (χ1) is 20.2. The molecule has 2 aromatic carbocycles. The molecule has 4 rings (SSSR count). The fourth-order valence-corrected chi connectivity index (χ4v) is 5.54. The molecule has 2 amide bonds. The minimum absolute atomic E-state index is 0.0137. The predicted octanol–water partition coefficient (Wildman–Crippen LogP) is 6.22. The summed E-state index contributed by atoms with van der Waals surface area (Å²) >= 11 is 0. The first kappa shape index (κ1) is 31.9. The van der Waals surface area contributed by atoms with Crippen LogP contribution in [0.15, 0.2) is 60.0 Å². The maximum atomic E-state index is 13.0. The number of hydrogen-bond acceptors (Lipinski definition) is 5. The van der Waals surface area contributed by atoms with Gasteiger partial charge in [-0.1, -0.05) is 38.1 Å². The maximum absolute atomic E-state index is 13.0. The van der Waals surface area contributed by atoms with E-state index in [-0.39, 0.29) is 37.4 Å². The van der Waals surface area contributed by atoms with Gasteiger partial charge in [0.05, 0.1) is 36.4 Å². The normalized spacial score (nSPS) is 19.8. The average Bonchev–Trinajstić information content (AvgIpc) is 3.35. The van der Waals surface area contributed by atoms with Gasteiger partial charge in [0.15, 0.2) is 11.5 Å². The molecule has 2 aliphatic rings. The Kier molecular flexibility index (Phi) is 9.14. The summed E-state index contributed by atoms with van der Waals surface area (Å²) < 4.78 is 83.4. The molecule has 0 saturated heterocycles. The molecule has 0 aromatic heterocycles. The van der Waals surface area contributed by atoms with E-state index in [2.05, 4.69) is 0 Å². The van der Waals surface area contributed by atoms with E-state index in [0.29, 0.717) is 24.0 Å². The van der Waals surface area contributed by atoms with E-state index >= 15 is 0 Å². The Morgan fingerprint density at radius 2 is 0.977 bits per heavy atom. The Labute approximate surface area is 243 Å². The third-order valence-corrected chi connectivity index (χ3v) is 7.63. The first-order valence-electron chi connectivity index (χ1n) is 13.6. The monoisotopic (exact) mass is 612 g/mol. The summed E-state index contributed by atoms with van der Waals surface area (Å²) in [5.41, 5.74) is -0.655. The zero-order valence-electron chi connectivity index (χ0n) is 23.3. The summed E-state index contributed by atoms with van der Waals surface area (Å²) in [6, 6.07) is 7.21. The number of benzene rings is 2. The second-order valence-electron chi connectivity index (χ2n) is 10.1. The number of nitrogens with zero attached hydrogens (tertiary/aromatic N) is 2. The van der Waals surface area contributed by atoms with Crippen molar-refractivity contribution < 1.29 is 50.9 Å². The quantitative estimate of drug-likeness (QED) is 0.246. The SMILES string of the molecule is CCC1C(c2ccc(C(F)(F)F)cc2)=C(O)C(=O)N1CCOCCN1C(=O)C(O)=C(c2ccc(C(F)(F)F)cc2)C1CC. The summed E-state index contributed by atoms with van der Waals surface area (Å²) in [5, 5.41) is 21.1. The van der Waals surface area contributed by atoms with Gasteiger partial charge in [0, 0.05) is 24.2 Å². The number of amides is 2. The van der Waals surface area contributed by atoms with Crippen LogP contribution in [0.25, 0.3) is 11.1 Å². The Morgan fingerprint density at radius 1 is 0.651 bits per heavy atom. The van der Waals surface area contributed by atoms with E-state index in [1.54, 1.807) is 13.8 Å². The molecule has 2 atom stereocenters. The Balaban J connectivity index is 1.35. The van der Waals surface area contributed by atoms with Gasteiger partial charge in [-0.25, -0.2) is 0 Å². The van der Waals surface area contributed by atoms with Gasteiger partial charge in [0.2, 0.25) is 0 Å². The summed E-state index contributed by atoms with van der Waals surface area (Å²) in [7, 11) is 0. The Bertz CT molecular complexity index is 1310. The first-order valence-corrected chi connectivity index (χ1v) is 13.6. The van der Waals surface area contributed by atoms with Crippen molar-refractivity contribution in [3.05, 3.63) is 82.3 Å². The Hall–Kier alpha value is -4.00. The van der Waals surface area contributed by atoms with Crippen LogP contribution in [0.1, 0.15) is 48.9 Å². The fourth-order valence-electron chi connectivity index (χ4n) is 5.54. The lowest BCUT2D eigenvalue weighted by Gasteiger charge is -2.27. The zero-order chi connectivity index (χ0) is 31.7. The summed E-state index contributed by atoms with van der Waals surface area (Å²) in [6.45, 7) is 3.67. The minimum Gasteiger partial charge on any atom is -0.503 e. The highest BCUT2D eigenvalue weighted by molar-refractivity contribution is 6.05. The molecular weight excluding hydrogens is 582 g/mol. The van der Waals surface area contributed by atoms with E-state index in [1.165, 1.54) is 34.1 Å². The van der Waals surface area contributed by atoms with Crippen molar-refractivity contribution in [1.29, 1.82) is 0 Å². The second-order valence-corrected chi connectivity index (χ2v) is 10.1. The molecule has 2 aromatic rings. The Morgan fingerprint density at radius 3 is 1.26 bits per heavy atom. The van der Waals surface area contributed by atoms with Gasteiger partial charge in [-0.2, -0.15) is 26.3 Å². The van der Waals surface area contributed by atoms with Crippen molar-refractivity contribution in [3.8, 4) is 0 Å². The average molecular weight is 613 g/mol. The van der Waals surface area contributed by atoms with Gasteiger partial charge in [-0.05, 0) is 48.2 Å². The topological polar surface area (TPSA) is 90.3 Å². The number of hydrogen-bond donors (Lipinski definition) is 2. The molecule has 13 heteroatoms. The number of aliphatic hydroxyl groups excluding tert-OH is 2. The third kappa shape index (κ3) is 6.36. The van der Waals surface area contributed by atoms with Gasteiger partial charge in [-0.3, -0.25) is 9.59 Å². The molecule has 43 heavy (non-hydrogen) atoms. The second kappa shape index (κ2) is 12.3. The lowest BCUT2D eigenvalue weighted by atomic mass is 9.96. The molecule has 2 unspecified atom stereocenters. The molecule has 0 spiro atoms. The van der Waals surface area contributed by atoms with E-state index in [4.69, 9.17) is 4.74 Å². The van der Waals surface area contributed by atoms with Gasteiger partial charge in [0.1, 0.15) is 0 Å². The molecular formula is C30H30F6N2O5. The van der Waals surface area contributed by atoms with Gasteiger partial charge in [0.25, 0.3) is 11.8 Å². The summed E-state index contributed by atoms with van der Waals surface area (Å²) in [4.78, 5) is 28.3. The van der Waals surface area contributed by atoms with Gasteiger partial charge in [-0.15, -0.1) is 0 Å². The van der Waals surface area contributed by atoms with Crippen LogP contribution in [0.2, 0.25) is 0 Å². The van der Waals surface area contributed by atoms with Crippen molar-refractivity contribution >= 4 is 23.0 Å². The molecule has 7 nitrogen and oxygen atoms in total. The molecule has 0 fully saturated rings. The van der Waals surface area contributed by atoms with Crippen LogP contribution >= 0.6 is 0 Å². The highest BCUT2D eigenvalue weighted by Crippen LogP contribution is 2.38. The number of aliphatic hydroxyl groups is 2. The molecule has 0 saturated carbocycles. The van der Waals surface area contributed by atoms with E-state index in [9.17, 15) is 46.1 Å². The molecule has 0 radical (unpaired) electrons. The number of halogens is 6. The van der Waals surface area contributed by atoms with Crippen molar-refractivity contribution in [2.45, 2.75) is 51.1 Å². The number of ether oxygens (including phenoxy) is 1. The predicted molar refractivity (Wildman–Crippen MR) is 144 cm³/mol. The van der Waals surface area contributed by atoms with Crippen molar-refractivity contribution in [3.63, 3.8) is 0 Å². The molecule has 2 N–H and O–H groups in total. The smallest absolute Gasteiger partial charge is 0.416 e. The van der Waals surface area contributed by atoms with Crippen LogP contribution in [0.5, 0.6) is 0 Å². The molecule has 0 aliphatic carbocycles. The molecule has 2 aliphatic heterocycles. The van der Waals surface area contributed by atoms with Crippen molar-refractivity contribution in [2.24, 2.45) is 0 Å². The van der Waals surface area contributed by atoms with Gasteiger partial charge < -0.3 is 24.7 Å². The van der Waals surface area contributed by atoms with Crippen LogP contribution in [0.4, 0.5) is 26.3 Å². The number of carbonyl (C=O) groups excluding carboxylic acids is 2. The molecule has 2 heterocycles. The highest BCUT2D eigenvalue weighted by Gasteiger charge is 2.41. The lowest BCUT2D eigenvalue weighted by molar-refractivity contribution is -0.138. The number of alkyl halides is 6. The molecule has 0 bridgehead atoms. The summed E-state index contributed by atoms with van der Waals surface area (Å²) in [6.07, 6.45) is -8.29. The van der Waals surface area contributed by atoms with Crippen LogP contribution in [0.3, 0.4) is 0 Å². The number of carbonyl (C=O) groups is 2. The van der Waals surface area contributed by atoms with Crippen molar-refractivity contribution in [1.82, 2.24) is 9.80 Å². The zero-order valence-corrected chi connectivity index (χ0v) is 23.3. The van der Waals surface area contributed by atoms with Crippen molar-refractivity contribution in [2.75, 3.05) is 26.3 Å². The van der Waals surface area contributed by atoms with Crippen LogP contribution in [0, 0.1) is 0 Å². The molecule has 232 valence electrons. The third-order valence-electron chi connectivity index (χ3n) is 7.63. The minimum atomic E-state index is -4.52. The van der Waals surface area contributed by atoms with Gasteiger partial charge >= 0.3 is 12.4 Å². The standard InChI is InChI=1S/C30H30F6N2O5/c1-3-21-23(17-5-9-19(10-6-17)29(31,32)33)25(39)27(41)37(21)13-15-43-16-14-38-22(4-2)24(26(40)28(38)42)18-7-11-20(12-8-18)30(34,35)36/h5-12,21-22,39-40H,3-4,13-16H2,1-2H3. The van der Waals surface area contributed by atoms with E-state index in [0.717, 1.165) is 24.3 Å². The highest BCUT2D eigenvalue weighted by atomic mass is 19.4.